The number of methoxy groups -OCH3 is 1. The summed E-state index contributed by atoms with van der Waals surface area (Å²) in [4.78, 5) is 5.67. The van der Waals surface area contributed by atoms with Gasteiger partial charge in [-0.3, -0.25) is 4.99 Å². The molecule has 0 spiro atoms. The lowest BCUT2D eigenvalue weighted by Gasteiger charge is -2.15. The molecule has 0 bridgehead atoms. The summed E-state index contributed by atoms with van der Waals surface area (Å²) in [6.07, 6.45) is 0. The van der Waals surface area contributed by atoms with Crippen molar-refractivity contribution in [1.82, 2.24) is 10.6 Å². The second-order valence-electron chi connectivity index (χ2n) is 5.53. The van der Waals surface area contributed by atoms with Gasteiger partial charge in [0, 0.05) is 30.9 Å². The van der Waals surface area contributed by atoms with Gasteiger partial charge in [-0.25, -0.2) is 0 Å². The number of nitrogens with zero attached hydrogens (tertiary/aromatic N) is 1. The van der Waals surface area contributed by atoms with Crippen LogP contribution in [0.25, 0.3) is 0 Å². The summed E-state index contributed by atoms with van der Waals surface area (Å²) in [5.74, 6) is 2.19. The fourth-order valence-corrected chi connectivity index (χ4v) is 3.09. The molecule has 2 N–H and O–H groups in total. The van der Waals surface area contributed by atoms with Gasteiger partial charge in [0.25, 0.3) is 0 Å². The molecule has 0 aliphatic rings. The van der Waals surface area contributed by atoms with Crippen LogP contribution in [-0.4, -0.2) is 26.7 Å². The van der Waals surface area contributed by atoms with E-state index in [-0.39, 0.29) is 24.0 Å². The van der Waals surface area contributed by atoms with Crippen molar-refractivity contribution in [3.05, 3.63) is 51.7 Å². The number of thiophene rings is 1. The largest absolute Gasteiger partial charge is 0.496 e. The van der Waals surface area contributed by atoms with Crippen LogP contribution in [0.2, 0.25) is 0 Å². The number of guanidine groups is 1. The van der Waals surface area contributed by atoms with Gasteiger partial charge >= 0.3 is 0 Å². The van der Waals surface area contributed by atoms with Gasteiger partial charge in [-0.2, -0.15) is 0 Å². The number of hydrogen-bond acceptors (Lipinski definition) is 3. The van der Waals surface area contributed by atoms with Crippen LogP contribution in [0.1, 0.15) is 28.8 Å². The lowest BCUT2D eigenvalue weighted by molar-refractivity contribution is 0.411. The van der Waals surface area contributed by atoms with E-state index in [9.17, 15) is 0 Å². The normalized spacial score (nSPS) is 12.2. The van der Waals surface area contributed by atoms with Crippen molar-refractivity contribution < 1.29 is 4.74 Å². The van der Waals surface area contributed by atoms with Gasteiger partial charge in [0.05, 0.1) is 7.11 Å². The molecule has 24 heavy (non-hydrogen) atoms. The van der Waals surface area contributed by atoms with E-state index in [1.807, 2.05) is 6.92 Å². The highest BCUT2D eigenvalue weighted by molar-refractivity contribution is 14.0. The van der Waals surface area contributed by atoms with Gasteiger partial charge in [-0.15, -0.1) is 35.3 Å². The van der Waals surface area contributed by atoms with Crippen molar-refractivity contribution in [2.24, 2.45) is 4.99 Å². The second kappa shape index (κ2) is 10.6. The molecule has 2 rings (SSSR count). The Kier molecular flexibility index (Phi) is 9.13. The van der Waals surface area contributed by atoms with Crippen LogP contribution < -0.4 is 15.4 Å². The molecular formula is C18H26IN3OS. The maximum absolute atomic E-state index is 5.37. The third-order valence-electron chi connectivity index (χ3n) is 3.76. The average molecular weight is 459 g/mol. The van der Waals surface area contributed by atoms with E-state index in [1.165, 1.54) is 10.4 Å². The zero-order valence-corrected chi connectivity index (χ0v) is 17.8. The molecule has 2 aromatic rings. The molecule has 4 nitrogen and oxygen atoms in total. The van der Waals surface area contributed by atoms with Crippen LogP contribution in [0.5, 0.6) is 5.75 Å². The molecule has 1 aromatic heterocycles. The van der Waals surface area contributed by atoms with Gasteiger partial charge in [0.1, 0.15) is 5.75 Å². The maximum Gasteiger partial charge on any atom is 0.191 e. The van der Waals surface area contributed by atoms with Crippen LogP contribution in [-0.2, 0) is 6.54 Å². The van der Waals surface area contributed by atoms with E-state index in [2.05, 4.69) is 58.3 Å². The van der Waals surface area contributed by atoms with Crippen LogP contribution in [0.3, 0.4) is 0 Å². The Labute approximate surface area is 165 Å². The quantitative estimate of drug-likeness (QED) is 0.388. The van der Waals surface area contributed by atoms with Gasteiger partial charge < -0.3 is 15.4 Å². The van der Waals surface area contributed by atoms with Crippen LogP contribution in [0.4, 0.5) is 0 Å². The molecule has 0 amide bonds. The molecule has 132 valence electrons. The molecule has 6 heteroatoms. The number of ether oxygens (including phenoxy) is 1. The number of aryl methyl sites for hydroxylation is 1. The molecule has 1 aromatic carbocycles. The molecule has 0 aliphatic carbocycles. The predicted octanol–water partition coefficient (Wildman–Crippen LogP) is 4.15. The minimum Gasteiger partial charge on any atom is -0.496 e. The highest BCUT2D eigenvalue weighted by atomic mass is 127. The molecular weight excluding hydrogens is 433 g/mol. The summed E-state index contributed by atoms with van der Waals surface area (Å²) >= 11 is 1.79. The van der Waals surface area contributed by atoms with Crippen molar-refractivity contribution in [3.63, 3.8) is 0 Å². The summed E-state index contributed by atoms with van der Waals surface area (Å²) < 4.78 is 5.37. The fourth-order valence-electron chi connectivity index (χ4n) is 2.30. The molecule has 0 radical (unpaired) electrons. The van der Waals surface area contributed by atoms with Gasteiger partial charge in [-0.05, 0) is 35.6 Å². The van der Waals surface area contributed by atoms with E-state index in [4.69, 9.17) is 4.74 Å². The van der Waals surface area contributed by atoms with Crippen molar-refractivity contribution in [2.45, 2.75) is 26.3 Å². The zero-order chi connectivity index (χ0) is 16.7. The Balaban J connectivity index is 0.00000288. The predicted molar refractivity (Wildman–Crippen MR) is 114 cm³/mol. The third kappa shape index (κ3) is 5.98. The highest BCUT2D eigenvalue weighted by Crippen LogP contribution is 2.20. The zero-order valence-electron chi connectivity index (χ0n) is 14.6. The summed E-state index contributed by atoms with van der Waals surface area (Å²) in [6.45, 7) is 5.83. The summed E-state index contributed by atoms with van der Waals surface area (Å²) in [5.41, 5.74) is 2.31. The summed E-state index contributed by atoms with van der Waals surface area (Å²) in [7, 11) is 3.49. The van der Waals surface area contributed by atoms with Crippen molar-refractivity contribution in [1.29, 1.82) is 0 Å². The monoisotopic (exact) mass is 459 g/mol. The highest BCUT2D eigenvalue weighted by Gasteiger charge is 2.08. The van der Waals surface area contributed by atoms with E-state index in [0.29, 0.717) is 12.5 Å². The minimum atomic E-state index is 0. The SMILES string of the molecule is CN=C(NCc1ccc(C)c(OC)c1)NCC(C)c1cccs1.I. The fraction of sp³-hybridized carbons (Fsp3) is 0.389. The molecule has 0 saturated carbocycles. The van der Waals surface area contributed by atoms with Crippen molar-refractivity contribution >= 4 is 41.3 Å². The molecule has 1 heterocycles. The smallest absolute Gasteiger partial charge is 0.191 e. The van der Waals surface area contributed by atoms with E-state index < -0.39 is 0 Å². The number of halogens is 1. The summed E-state index contributed by atoms with van der Waals surface area (Å²) in [6, 6.07) is 10.5. The second-order valence-corrected chi connectivity index (χ2v) is 6.51. The Hall–Kier alpha value is -1.28. The molecule has 1 atom stereocenters. The third-order valence-corrected chi connectivity index (χ3v) is 4.86. The first kappa shape index (κ1) is 20.8. The lowest BCUT2D eigenvalue weighted by Crippen LogP contribution is -2.38. The number of nitrogens with one attached hydrogen (secondary N) is 2. The Morgan fingerprint density at radius 2 is 2.08 bits per heavy atom. The Morgan fingerprint density at radius 1 is 1.29 bits per heavy atom. The van der Waals surface area contributed by atoms with E-state index >= 15 is 0 Å². The maximum atomic E-state index is 5.37. The van der Waals surface area contributed by atoms with Crippen LogP contribution in [0.15, 0.2) is 40.7 Å². The van der Waals surface area contributed by atoms with Crippen LogP contribution >= 0.6 is 35.3 Å². The van der Waals surface area contributed by atoms with Crippen LogP contribution in [0, 0.1) is 6.92 Å². The number of benzene rings is 1. The topological polar surface area (TPSA) is 45.7 Å². The van der Waals surface area contributed by atoms with E-state index in [0.717, 1.165) is 23.8 Å². The minimum absolute atomic E-state index is 0. The first-order valence-corrected chi connectivity index (χ1v) is 8.63. The number of aliphatic imine (C=N–C) groups is 1. The first-order valence-electron chi connectivity index (χ1n) is 7.75. The summed E-state index contributed by atoms with van der Waals surface area (Å²) in [5, 5.41) is 8.84. The Bertz CT molecular complexity index is 644. The molecule has 0 aliphatic heterocycles. The molecule has 1 unspecified atom stereocenters. The van der Waals surface area contributed by atoms with Gasteiger partial charge in [-0.1, -0.05) is 25.1 Å². The lowest BCUT2D eigenvalue weighted by atomic mass is 10.1. The van der Waals surface area contributed by atoms with Gasteiger partial charge in [0.15, 0.2) is 5.96 Å². The molecule has 0 saturated heterocycles. The van der Waals surface area contributed by atoms with E-state index in [1.54, 1.807) is 25.5 Å². The standard InChI is InChI=1S/C18H25N3OS.HI/c1-13-7-8-15(10-16(13)22-4)12-21-18(19-3)20-11-14(2)17-6-5-9-23-17;/h5-10,14H,11-12H2,1-4H3,(H2,19,20,21);1H. The Morgan fingerprint density at radius 3 is 2.71 bits per heavy atom. The number of rotatable bonds is 6. The van der Waals surface area contributed by atoms with Crippen molar-refractivity contribution in [3.8, 4) is 5.75 Å². The van der Waals surface area contributed by atoms with Gasteiger partial charge in [0.2, 0.25) is 0 Å². The van der Waals surface area contributed by atoms with Crippen molar-refractivity contribution in [2.75, 3.05) is 20.7 Å². The number of hydrogen-bond donors (Lipinski definition) is 2. The first-order chi connectivity index (χ1) is 11.1. The molecule has 0 fully saturated rings. The average Bonchev–Trinajstić information content (AvgIpc) is 3.10.